The molecule has 0 saturated carbocycles. The minimum absolute atomic E-state index is 0.00254. The van der Waals surface area contributed by atoms with E-state index in [1.807, 2.05) is 17.0 Å². The number of rotatable bonds is 7. The maximum Gasteiger partial charge on any atom is 0.261 e. The van der Waals surface area contributed by atoms with Crippen LogP contribution in [-0.4, -0.2) is 53.5 Å². The molecule has 7 nitrogen and oxygen atoms in total. The van der Waals surface area contributed by atoms with Crippen LogP contribution < -0.4 is 5.32 Å². The van der Waals surface area contributed by atoms with Crippen molar-refractivity contribution in [1.82, 2.24) is 20.2 Å². The number of amides is 2. The van der Waals surface area contributed by atoms with E-state index in [9.17, 15) is 9.59 Å². The number of carbonyl (C=O) groups excluding carboxylic acids is 2. The van der Waals surface area contributed by atoms with Gasteiger partial charge in [-0.05, 0) is 31.4 Å². The van der Waals surface area contributed by atoms with Gasteiger partial charge in [0.1, 0.15) is 6.33 Å². The van der Waals surface area contributed by atoms with Crippen LogP contribution in [0.4, 0.5) is 0 Å². The van der Waals surface area contributed by atoms with E-state index in [0.717, 1.165) is 24.1 Å². The molecule has 1 aliphatic heterocycles. The molecule has 2 amide bonds. The molecule has 138 valence electrons. The summed E-state index contributed by atoms with van der Waals surface area (Å²) in [5.41, 5.74) is 0.493. The number of hydrogen-bond donors (Lipinski definition) is 1. The van der Waals surface area contributed by atoms with Gasteiger partial charge in [-0.2, -0.15) is 0 Å². The zero-order valence-electron chi connectivity index (χ0n) is 14.7. The Labute approximate surface area is 156 Å². The van der Waals surface area contributed by atoms with Crippen LogP contribution in [0.25, 0.3) is 0 Å². The summed E-state index contributed by atoms with van der Waals surface area (Å²) < 4.78 is 4.98. The molecule has 0 aromatic carbocycles. The molecule has 8 heteroatoms. The maximum absolute atomic E-state index is 12.7. The topological polar surface area (TPSA) is 84.4 Å². The molecule has 3 heterocycles. The van der Waals surface area contributed by atoms with Gasteiger partial charge in [-0.3, -0.25) is 9.59 Å². The van der Waals surface area contributed by atoms with E-state index in [2.05, 4.69) is 15.3 Å². The molecule has 1 N–H and O–H groups in total. The highest BCUT2D eigenvalue weighted by Gasteiger charge is 2.32. The van der Waals surface area contributed by atoms with E-state index in [1.165, 1.54) is 30.1 Å². The monoisotopic (exact) mass is 374 g/mol. The SMILES string of the molecule is COCCCNC(=O)c1ccc([C@@H]2CCCN2C(=O)c2cncnc2)s1. The minimum Gasteiger partial charge on any atom is -0.385 e. The number of nitrogens with zero attached hydrogens (tertiary/aromatic N) is 3. The predicted molar refractivity (Wildman–Crippen MR) is 98.2 cm³/mol. The van der Waals surface area contributed by atoms with Crippen molar-refractivity contribution in [2.45, 2.75) is 25.3 Å². The van der Waals surface area contributed by atoms with Gasteiger partial charge in [-0.15, -0.1) is 11.3 Å². The number of carbonyl (C=O) groups is 2. The van der Waals surface area contributed by atoms with Gasteiger partial charge in [0.05, 0.1) is 16.5 Å². The Morgan fingerprint density at radius 1 is 1.35 bits per heavy atom. The molecule has 0 bridgehead atoms. The van der Waals surface area contributed by atoms with Crippen molar-refractivity contribution in [1.29, 1.82) is 0 Å². The van der Waals surface area contributed by atoms with Crippen LogP contribution in [0, 0.1) is 0 Å². The number of aromatic nitrogens is 2. The summed E-state index contributed by atoms with van der Waals surface area (Å²) in [7, 11) is 1.64. The Hall–Kier alpha value is -2.32. The van der Waals surface area contributed by atoms with Crippen molar-refractivity contribution in [2.24, 2.45) is 0 Å². The minimum atomic E-state index is -0.0790. The summed E-state index contributed by atoms with van der Waals surface area (Å²) in [6.07, 6.45) is 7.12. The molecule has 2 aromatic heterocycles. The fourth-order valence-corrected chi connectivity index (χ4v) is 4.11. The number of thiophene rings is 1. The Morgan fingerprint density at radius 2 is 2.15 bits per heavy atom. The Morgan fingerprint density at radius 3 is 2.92 bits per heavy atom. The standard InChI is InChI=1S/C18H22N4O3S/c1-25-9-3-7-21-17(23)16-6-5-15(26-16)14-4-2-8-22(14)18(24)13-10-19-12-20-11-13/h5-6,10-12,14H,2-4,7-9H2,1H3,(H,21,23)/t14-/m0/s1. The lowest BCUT2D eigenvalue weighted by Crippen LogP contribution is -2.30. The molecule has 3 rings (SSSR count). The average molecular weight is 374 g/mol. The molecule has 1 aliphatic rings. The molecule has 26 heavy (non-hydrogen) atoms. The molecular formula is C18H22N4O3S. The van der Waals surface area contributed by atoms with Gasteiger partial charge in [0.15, 0.2) is 0 Å². The second-order valence-corrected chi connectivity index (χ2v) is 7.20. The van der Waals surface area contributed by atoms with Crippen LogP contribution >= 0.6 is 11.3 Å². The Kier molecular flexibility index (Phi) is 6.30. The predicted octanol–water partition coefficient (Wildman–Crippen LogP) is 2.28. The lowest BCUT2D eigenvalue weighted by Gasteiger charge is -2.23. The van der Waals surface area contributed by atoms with Crippen molar-refractivity contribution in [2.75, 3.05) is 26.8 Å². The van der Waals surface area contributed by atoms with Gasteiger partial charge in [-0.1, -0.05) is 0 Å². The summed E-state index contributed by atoms with van der Waals surface area (Å²) in [6, 6.07) is 3.79. The first-order valence-corrected chi connectivity index (χ1v) is 9.45. The molecule has 1 atom stereocenters. The second kappa shape index (κ2) is 8.86. The van der Waals surface area contributed by atoms with E-state index < -0.39 is 0 Å². The summed E-state index contributed by atoms with van der Waals surface area (Å²) in [5, 5.41) is 2.89. The molecule has 0 aliphatic carbocycles. The van der Waals surface area contributed by atoms with Gasteiger partial charge in [0, 0.05) is 44.1 Å². The van der Waals surface area contributed by atoms with Gasteiger partial charge in [-0.25, -0.2) is 9.97 Å². The zero-order valence-corrected chi connectivity index (χ0v) is 15.5. The van der Waals surface area contributed by atoms with Gasteiger partial charge < -0.3 is 15.0 Å². The van der Waals surface area contributed by atoms with Crippen LogP contribution in [0.1, 0.15) is 50.2 Å². The molecular weight excluding hydrogens is 352 g/mol. The smallest absolute Gasteiger partial charge is 0.261 e. The molecule has 0 spiro atoms. The van der Waals surface area contributed by atoms with Gasteiger partial charge in [0.2, 0.25) is 0 Å². The summed E-state index contributed by atoms with van der Waals surface area (Å²) in [6.45, 7) is 1.91. The maximum atomic E-state index is 12.7. The first-order valence-electron chi connectivity index (χ1n) is 8.63. The van der Waals surface area contributed by atoms with Crippen LogP contribution in [0.15, 0.2) is 30.9 Å². The van der Waals surface area contributed by atoms with Crippen LogP contribution in [0.3, 0.4) is 0 Å². The second-order valence-electron chi connectivity index (χ2n) is 6.09. The zero-order chi connectivity index (χ0) is 18.4. The highest BCUT2D eigenvalue weighted by molar-refractivity contribution is 7.14. The summed E-state index contributed by atoms with van der Waals surface area (Å²) in [5.74, 6) is -0.142. The number of ether oxygens (including phenoxy) is 1. The van der Waals surface area contributed by atoms with Crippen LogP contribution in [0.5, 0.6) is 0 Å². The first-order chi connectivity index (χ1) is 12.7. The van der Waals surface area contributed by atoms with Gasteiger partial charge in [0.25, 0.3) is 11.8 Å². The Bertz CT molecular complexity index is 750. The third kappa shape index (κ3) is 4.25. The Balaban J connectivity index is 1.66. The van der Waals surface area contributed by atoms with Crippen LogP contribution in [-0.2, 0) is 4.74 Å². The summed E-state index contributed by atoms with van der Waals surface area (Å²) in [4.78, 5) is 36.4. The van der Waals surface area contributed by atoms with Crippen LogP contribution in [0.2, 0.25) is 0 Å². The fourth-order valence-electron chi connectivity index (χ4n) is 3.04. The number of likely N-dealkylation sites (tertiary alicyclic amines) is 1. The largest absolute Gasteiger partial charge is 0.385 e. The average Bonchev–Trinajstić information content (AvgIpc) is 3.34. The van der Waals surface area contributed by atoms with Crippen molar-refractivity contribution in [3.05, 3.63) is 46.2 Å². The molecule has 2 aromatic rings. The summed E-state index contributed by atoms with van der Waals surface area (Å²) >= 11 is 1.45. The van der Waals surface area contributed by atoms with E-state index >= 15 is 0 Å². The molecule has 1 saturated heterocycles. The quantitative estimate of drug-likeness (QED) is 0.752. The van der Waals surface area contributed by atoms with E-state index in [1.54, 1.807) is 7.11 Å². The number of nitrogens with one attached hydrogen (secondary N) is 1. The first kappa shape index (κ1) is 18.5. The van der Waals surface area contributed by atoms with Gasteiger partial charge >= 0.3 is 0 Å². The third-order valence-electron chi connectivity index (χ3n) is 4.31. The molecule has 1 fully saturated rings. The lowest BCUT2D eigenvalue weighted by molar-refractivity contribution is 0.0736. The van der Waals surface area contributed by atoms with Crippen molar-refractivity contribution in [3.63, 3.8) is 0 Å². The third-order valence-corrected chi connectivity index (χ3v) is 5.50. The van der Waals surface area contributed by atoms with Crippen molar-refractivity contribution < 1.29 is 14.3 Å². The number of methoxy groups -OCH3 is 1. The van der Waals surface area contributed by atoms with Crippen molar-refractivity contribution >= 4 is 23.2 Å². The van der Waals surface area contributed by atoms with Crippen molar-refractivity contribution in [3.8, 4) is 0 Å². The highest BCUT2D eigenvalue weighted by Crippen LogP contribution is 2.36. The molecule has 0 unspecified atom stereocenters. The molecule has 0 radical (unpaired) electrons. The van der Waals surface area contributed by atoms with E-state index in [-0.39, 0.29) is 17.9 Å². The normalized spacial score (nSPS) is 16.7. The highest BCUT2D eigenvalue weighted by atomic mass is 32.1. The van der Waals surface area contributed by atoms with E-state index in [0.29, 0.717) is 30.1 Å². The lowest BCUT2D eigenvalue weighted by atomic mass is 10.1. The fraction of sp³-hybridized carbons (Fsp3) is 0.444. The number of hydrogen-bond acceptors (Lipinski definition) is 6. The van der Waals surface area contributed by atoms with E-state index in [4.69, 9.17) is 4.74 Å².